The van der Waals surface area contributed by atoms with Crippen LogP contribution in [0.4, 0.5) is 0 Å². The van der Waals surface area contributed by atoms with Crippen molar-refractivity contribution in [2.45, 2.75) is 12.8 Å². The van der Waals surface area contributed by atoms with Crippen LogP contribution >= 0.6 is 0 Å². The average Bonchev–Trinajstić information content (AvgIpc) is 2.73. The predicted octanol–water partition coefficient (Wildman–Crippen LogP) is 0.975. The molecule has 0 saturated carbocycles. The molecule has 1 fully saturated rings. The number of hydrazine groups is 1. The summed E-state index contributed by atoms with van der Waals surface area (Å²) in [6.45, 7) is 1.49. The van der Waals surface area contributed by atoms with E-state index in [1.54, 1.807) is 12.1 Å². The minimum Gasteiger partial charge on any atom is -0.497 e. The smallest absolute Gasteiger partial charge is 0.238 e. The fourth-order valence-corrected chi connectivity index (χ4v) is 1.76. The van der Waals surface area contributed by atoms with Gasteiger partial charge in [-0.05, 0) is 24.1 Å². The van der Waals surface area contributed by atoms with Gasteiger partial charge in [0.15, 0.2) is 0 Å². The predicted molar refractivity (Wildman–Crippen MR) is 61.0 cm³/mol. The van der Waals surface area contributed by atoms with Gasteiger partial charge in [0, 0.05) is 19.5 Å². The molecule has 1 saturated heterocycles. The van der Waals surface area contributed by atoms with Crippen LogP contribution in [0, 0.1) is 0 Å². The molecule has 1 amide bonds. The average molecular weight is 220 g/mol. The number of ether oxygens (including phenoxy) is 1. The topological polar surface area (TPSA) is 41.6 Å². The highest BCUT2D eigenvalue weighted by atomic mass is 16.5. The number of carbonyl (C=O) groups excluding carboxylic acids is 1. The second-order valence-electron chi connectivity index (χ2n) is 3.80. The Labute approximate surface area is 95.2 Å². The highest BCUT2D eigenvalue weighted by molar-refractivity contribution is 5.77. The van der Waals surface area contributed by atoms with E-state index in [0.29, 0.717) is 6.42 Å². The van der Waals surface area contributed by atoms with Crippen molar-refractivity contribution in [1.29, 1.82) is 0 Å². The zero-order valence-corrected chi connectivity index (χ0v) is 9.40. The summed E-state index contributed by atoms with van der Waals surface area (Å²) in [7, 11) is 1.65. The highest BCUT2D eigenvalue weighted by Gasteiger charge is 2.18. The molecule has 0 aromatic heterocycles. The zero-order valence-electron chi connectivity index (χ0n) is 9.40. The first kappa shape index (κ1) is 11.0. The lowest BCUT2D eigenvalue weighted by Crippen LogP contribution is -2.35. The van der Waals surface area contributed by atoms with Crippen LogP contribution in [0.2, 0.25) is 0 Å². The van der Waals surface area contributed by atoms with E-state index in [9.17, 15) is 4.79 Å². The number of carbonyl (C=O) groups is 1. The van der Waals surface area contributed by atoms with E-state index >= 15 is 0 Å². The Morgan fingerprint density at radius 1 is 1.38 bits per heavy atom. The molecule has 0 spiro atoms. The SMILES string of the molecule is COc1ccc(CCN2NCCC2=O)cc1. The molecule has 0 atom stereocenters. The van der Waals surface area contributed by atoms with Gasteiger partial charge in [-0.15, -0.1) is 0 Å². The third kappa shape index (κ3) is 2.52. The molecule has 86 valence electrons. The van der Waals surface area contributed by atoms with E-state index in [2.05, 4.69) is 5.43 Å². The summed E-state index contributed by atoms with van der Waals surface area (Å²) in [5.41, 5.74) is 4.27. The number of benzene rings is 1. The fourth-order valence-electron chi connectivity index (χ4n) is 1.76. The van der Waals surface area contributed by atoms with Crippen LogP contribution in [0.15, 0.2) is 24.3 Å². The van der Waals surface area contributed by atoms with Crippen molar-refractivity contribution < 1.29 is 9.53 Å². The lowest BCUT2D eigenvalue weighted by atomic mass is 10.1. The first-order valence-corrected chi connectivity index (χ1v) is 5.46. The van der Waals surface area contributed by atoms with Crippen molar-refractivity contribution in [3.05, 3.63) is 29.8 Å². The summed E-state index contributed by atoms with van der Waals surface area (Å²) in [6, 6.07) is 7.93. The van der Waals surface area contributed by atoms with Crippen LogP contribution in [-0.2, 0) is 11.2 Å². The summed E-state index contributed by atoms with van der Waals surface area (Å²) >= 11 is 0. The first-order valence-electron chi connectivity index (χ1n) is 5.46. The molecule has 0 unspecified atom stereocenters. The van der Waals surface area contributed by atoms with Crippen molar-refractivity contribution in [1.82, 2.24) is 10.4 Å². The zero-order chi connectivity index (χ0) is 11.4. The Morgan fingerprint density at radius 3 is 2.69 bits per heavy atom. The highest BCUT2D eigenvalue weighted by Crippen LogP contribution is 2.12. The molecule has 1 aromatic carbocycles. The molecule has 1 aliphatic heterocycles. The Bertz CT molecular complexity index is 362. The molecule has 1 aliphatic rings. The first-order chi connectivity index (χ1) is 7.79. The van der Waals surface area contributed by atoms with Gasteiger partial charge < -0.3 is 4.74 Å². The Hall–Kier alpha value is -1.55. The lowest BCUT2D eigenvalue weighted by Gasteiger charge is -2.15. The number of nitrogens with one attached hydrogen (secondary N) is 1. The minimum absolute atomic E-state index is 0.188. The molecule has 16 heavy (non-hydrogen) atoms. The Morgan fingerprint density at radius 2 is 2.12 bits per heavy atom. The third-order valence-corrected chi connectivity index (χ3v) is 2.73. The maximum absolute atomic E-state index is 11.3. The second-order valence-corrected chi connectivity index (χ2v) is 3.80. The summed E-state index contributed by atoms with van der Waals surface area (Å²) < 4.78 is 5.09. The van der Waals surface area contributed by atoms with Crippen molar-refractivity contribution in [2.75, 3.05) is 20.2 Å². The van der Waals surface area contributed by atoms with Crippen LogP contribution in [0.3, 0.4) is 0 Å². The number of rotatable bonds is 4. The molecule has 1 aromatic rings. The van der Waals surface area contributed by atoms with Crippen LogP contribution in [0.5, 0.6) is 5.75 Å². The van der Waals surface area contributed by atoms with E-state index < -0.39 is 0 Å². The summed E-state index contributed by atoms with van der Waals surface area (Å²) in [6.07, 6.45) is 1.48. The molecule has 4 nitrogen and oxygen atoms in total. The molecule has 1 N–H and O–H groups in total. The van der Waals surface area contributed by atoms with Gasteiger partial charge in [-0.3, -0.25) is 9.80 Å². The van der Waals surface area contributed by atoms with Gasteiger partial charge >= 0.3 is 0 Å². The van der Waals surface area contributed by atoms with Gasteiger partial charge in [0.1, 0.15) is 5.75 Å². The molecule has 0 aliphatic carbocycles. The quantitative estimate of drug-likeness (QED) is 0.822. The molecule has 4 heteroatoms. The van der Waals surface area contributed by atoms with Crippen molar-refractivity contribution in [3.63, 3.8) is 0 Å². The van der Waals surface area contributed by atoms with E-state index in [1.165, 1.54) is 5.56 Å². The van der Waals surface area contributed by atoms with Crippen molar-refractivity contribution in [2.24, 2.45) is 0 Å². The van der Waals surface area contributed by atoms with Crippen LogP contribution in [0.25, 0.3) is 0 Å². The number of nitrogens with zero attached hydrogens (tertiary/aromatic N) is 1. The largest absolute Gasteiger partial charge is 0.497 e. The fraction of sp³-hybridized carbons (Fsp3) is 0.417. The molecule has 1 heterocycles. The van der Waals surface area contributed by atoms with Crippen LogP contribution in [-0.4, -0.2) is 31.1 Å². The number of hydrogen-bond donors (Lipinski definition) is 1. The summed E-state index contributed by atoms with van der Waals surface area (Å²) in [4.78, 5) is 11.3. The van der Waals surface area contributed by atoms with Gasteiger partial charge in [0.25, 0.3) is 0 Å². The van der Waals surface area contributed by atoms with E-state index in [0.717, 1.165) is 25.3 Å². The second kappa shape index (κ2) is 4.99. The minimum atomic E-state index is 0.188. The van der Waals surface area contributed by atoms with Gasteiger partial charge in [-0.25, -0.2) is 5.43 Å². The van der Waals surface area contributed by atoms with Crippen LogP contribution in [0.1, 0.15) is 12.0 Å². The van der Waals surface area contributed by atoms with E-state index in [-0.39, 0.29) is 5.91 Å². The standard InChI is InChI=1S/C12H16N2O2/c1-16-11-4-2-10(3-5-11)7-9-14-12(15)6-8-13-14/h2-5,13H,6-9H2,1H3. The van der Waals surface area contributed by atoms with Gasteiger partial charge in [0.05, 0.1) is 7.11 Å². The van der Waals surface area contributed by atoms with Crippen molar-refractivity contribution in [3.8, 4) is 5.75 Å². The van der Waals surface area contributed by atoms with E-state index in [1.807, 2.05) is 24.3 Å². The molecular weight excluding hydrogens is 204 g/mol. The lowest BCUT2D eigenvalue weighted by molar-refractivity contribution is -0.129. The maximum Gasteiger partial charge on any atom is 0.238 e. The maximum atomic E-state index is 11.3. The number of hydrogen-bond acceptors (Lipinski definition) is 3. The Kier molecular flexibility index (Phi) is 3.41. The van der Waals surface area contributed by atoms with Crippen molar-refractivity contribution >= 4 is 5.91 Å². The van der Waals surface area contributed by atoms with Crippen LogP contribution < -0.4 is 10.2 Å². The molecule has 0 bridgehead atoms. The Balaban J connectivity index is 1.86. The monoisotopic (exact) mass is 220 g/mol. The number of amides is 1. The third-order valence-electron chi connectivity index (χ3n) is 2.73. The molecular formula is C12H16N2O2. The summed E-state index contributed by atoms with van der Waals surface area (Å²) in [5, 5.41) is 1.70. The van der Waals surface area contributed by atoms with Gasteiger partial charge in [-0.1, -0.05) is 12.1 Å². The van der Waals surface area contributed by atoms with E-state index in [4.69, 9.17) is 4.74 Å². The molecule has 0 radical (unpaired) electrons. The normalized spacial score (nSPS) is 15.6. The van der Waals surface area contributed by atoms with Gasteiger partial charge in [0.2, 0.25) is 5.91 Å². The summed E-state index contributed by atoms with van der Waals surface area (Å²) in [5.74, 6) is 1.05. The molecule has 2 rings (SSSR count). The van der Waals surface area contributed by atoms with Gasteiger partial charge in [-0.2, -0.15) is 0 Å². The number of methoxy groups -OCH3 is 1.